The third-order valence-electron chi connectivity index (χ3n) is 8.32. The molecule has 4 nitrogen and oxygen atoms in total. The standard InChI is InChI=1S/C38H30N4/c1-23-14-37(42-19-26(23)4)29-8-5-7-28(15-29)33-17-34(25(3)13-24(33)2)36-18-38-32(9-6-12-41-38)31-11-10-27(16-35(31)36)30-20-39-22-40-21-30/h5-22H,1-4H3. The number of fused-ring (bicyclic) bond motifs is 3. The second-order valence-electron chi connectivity index (χ2n) is 11.1. The van der Waals surface area contributed by atoms with Gasteiger partial charge in [-0.1, -0.05) is 42.5 Å². The van der Waals surface area contributed by atoms with Crippen molar-refractivity contribution in [1.29, 1.82) is 0 Å². The topological polar surface area (TPSA) is 51.6 Å². The summed E-state index contributed by atoms with van der Waals surface area (Å²) >= 11 is 0. The Hall–Kier alpha value is -5.22. The quantitative estimate of drug-likeness (QED) is 0.208. The van der Waals surface area contributed by atoms with Crippen LogP contribution in [-0.4, -0.2) is 19.9 Å². The van der Waals surface area contributed by atoms with Crippen molar-refractivity contribution in [2.45, 2.75) is 27.7 Å². The monoisotopic (exact) mass is 542 g/mol. The lowest BCUT2D eigenvalue weighted by Crippen LogP contribution is -1.94. The Morgan fingerprint density at radius 3 is 2.10 bits per heavy atom. The molecule has 3 heterocycles. The van der Waals surface area contributed by atoms with Crippen LogP contribution in [-0.2, 0) is 0 Å². The highest BCUT2D eigenvalue weighted by Crippen LogP contribution is 2.40. The lowest BCUT2D eigenvalue weighted by molar-refractivity contribution is 1.17. The van der Waals surface area contributed by atoms with Crippen LogP contribution in [0.4, 0.5) is 0 Å². The minimum atomic E-state index is 0.986. The van der Waals surface area contributed by atoms with Gasteiger partial charge >= 0.3 is 0 Å². The van der Waals surface area contributed by atoms with Gasteiger partial charge in [0.2, 0.25) is 0 Å². The number of rotatable bonds is 4. The number of hydrogen-bond acceptors (Lipinski definition) is 4. The highest BCUT2D eigenvalue weighted by atomic mass is 14.8. The zero-order valence-corrected chi connectivity index (χ0v) is 24.2. The molecule has 0 spiro atoms. The fraction of sp³-hybridized carbons (Fsp3) is 0.105. The summed E-state index contributed by atoms with van der Waals surface area (Å²) in [6.45, 7) is 8.63. The first-order valence-electron chi connectivity index (χ1n) is 14.2. The minimum absolute atomic E-state index is 0.986. The molecular formula is C38H30N4. The SMILES string of the molecule is Cc1cnc(-c2cccc(-c3cc(-c4cc5ncccc5c5ccc(-c6cncnc6)cc45)c(C)cc3C)c2)cc1C. The second-order valence-corrected chi connectivity index (χ2v) is 11.1. The molecule has 202 valence electrons. The first-order chi connectivity index (χ1) is 20.5. The third-order valence-corrected chi connectivity index (χ3v) is 8.32. The molecule has 0 aliphatic rings. The molecule has 0 aliphatic carbocycles. The molecule has 4 aromatic carbocycles. The van der Waals surface area contributed by atoms with Crippen LogP contribution in [0.1, 0.15) is 22.3 Å². The highest BCUT2D eigenvalue weighted by Gasteiger charge is 2.16. The van der Waals surface area contributed by atoms with E-state index >= 15 is 0 Å². The smallest absolute Gasteiger partial charge is 0.115 e. The van der Waals surface area contributed by atoms with Crippen LogP contribution in [0, 0.1) is 27.7 Å². The zero-order valence-electron chi connectivity index (χ0n) is 24.2. The predicted molar refractivity (Wildman–Crippen MR) is 173 cm³/mol. The maximum Gasteiger partial charge on any atom is 0.115 e. The summed E-state index contributed by atoms with van der Waals surface area (Å²) in [6, 6.07) is 28.6. The van der Waals surface area contributed by atoms with Crippen molar-refractivity contribution in [1.82, 2.24) is 19.9 Å². The second kappa shape index (κ2) is 10.3. The molecule has 0 saturated heterocycles. The third kappa shape index (κ3) is 4.51. The molecule has 0 bridgehead atoms. The van der Waals surface area contributed by atoms with Crippen molar-refractivity contribution in [2.75, 3.05) is 0 Å². The fourth-order valence-corrected chi connectivity index (χ4v) is 5.91. The van der Waals surface area contributed by atoms with Crippen molar-refractivity contribution in [2.24, 2.45) is 0 Å². The van der Waals surface area contributed by atoms with Gasteiger partial charge in [-0.05, 0) is 125 Å². The van der Waals surface area contributed by atoms with Gasteiger partial charge in [-0.2, -0.15) is 0 Å². The van der Waals surface area contributed by atoms with Crippen molar-refractivity contribution < 1.29 is 0 Å². The van der Waals surface area contributed by atoms with Crippen LogP contribution < -0.4 is 0 Å². The average molecular weight is 543 g/mol. The summed E-state index contributed by atoms with van der Waals surface area (Å²) < 4.78 is 0. The van der Waals surface area contributed by atoms with Crippen LogP contribution in [0.2, 0.25) is 0 Å². The Morgan fingerprint density at radius 1 is 0.452 bits per heavy atom. The first kappa shape index (κ1) is 25.7. The van der Waals surface area contributed by atoms with E-state index in [1.165, 1.54) is 55.3 Å². The van der Waals surface area contributed by atoms with Crippen LogP contribution in [0.25, 0.3) is 66.3 Å². The Balaban J connectivity index is 1.44. The molecule has 7 aromatic rings. The van der Waals surface area contributed by atoms with Gasteiger partial charge in [-0.25, -0.2) is 9.97 Å². The van der Waals surface area contributed by atoms with E-state index in [1.54, 1.807) is 6.33 Å². The highest BCUT2D eigenvalue weighted by molar-refractivity contribution is 6.14. The molecule has 0 fully saturated rings. The predicted octanol–water partition coefficient (Wildman–Crippen LogP) is 9.47. The minimum Gasteiger partial charge on any atom is -0.256 e. The van der Waals surface area contributed by atoms with Gasteiger partial charge in [-0.3, -0.25) is 9.97 Å². The summed E-state index contributed by atoms with van der Waals surface area (Å²) in [6.07, 6.45) is 9.12. The zero-order chi connectivity index (χ0) is 28.8. The molecule has 0 radical (unpaired) electrons. The number of aryl methyl sites for hydroxylation is 4. The van der Waals surface area contributed by atoms with E-state index in [0.717, 1.165) is 33.3 Å². The van der Waals surface area contributed by atoms with Gasteiger partial charge in [0, 0.05) is 41.3 Å². The molecule has 7 rings (SSSR count). The van der Waals surface area contributed by atoms with E-state index in [4.69, 9.17) is 9.97 Å². The van der Waals surface area contributed by atoms with Crippen LogP contribution in [0.15, 0.2) is 110 Å². The molecule has 0 atom stereocenters. The molecule has 0 N–H and O–H groups in total. The summed E-state index contributed by atoms with van der Waals surface area (Å²) in [5, 5.41) is 3.51. The molecular weight excluding hydrogens is 512 g/mol. The Labute approximate surface area is 245 Å². The first-order valence-corrected chi connectivity index (χ1v) is 14.2. The van der Waals surface area contributed by atoms with Gasteiger partial charge in [0.05, 0.1) is 11.2 Å². The maximum atomic E-state index is 4.76. The van der Waals surface area contributed by atoms with Gasteiger partial charge < -0.3 is 0 Å². The largest absolute Gasteiger partial charge is 0.256 e. The Morgan fingerprint density at radius 2 is 1.26 bits per heavy atom. The average Bonchev–Trinajstić information content (AvgIpc) is 3.02. The molecule has 3 aromatic heterocycles. The van der Waals surface area contributed by atoms with Crippen molar-refractivity contribution >= 4 is 21.7 Å². The summed E-state index contributed by atoms with van der Waals surface area (Å²) in [4.78, 5) is 18.0. The van der Waals surface area contributed by atoms with E-state index in [0.29, 0.717) is 0 Å². The lowest BCUT2D eigenvalue weighted by atomic mass is 9.87. The van der Waals surface area contributed by atoms with Crippen molar-refractivity contribution in [3.8, 4) is 44.6 Å². The number of benzene rings is 4. The molecule has 0 amide bonds. The van der Waals surface area contributed by atoms with E-state index in [1.807, 2.05) is 30.9 Å². The summed E-state index contributed by atoms with van der Waals surface area (Å²) in [5.74, 6) is 0. The van der Waals surface area contributed by atoms with E-state index in [2.05, 4.69) is 110 Å². The van der Waals surface area contributed by atoms with E-state index in [-0.39, 0.29) is 0 Å². The lowest BCUT2D eigenvalue weighted by Gasteiger charge is -2.17. The van der Waals surface area contributed by atoms with Gasteiger partial charge in [0.15, 0.2) is 0 Å². The van der Waals surface area contributed by atoms with Crippen molar-refractivity contribution in [3.05, 3.63) is 132 Å². The Kier molecular flexibility index (Phi) is 6.32. The van der Waals surface area contributed by atoms with Crippen LogP contribution in [0.5, 0.6) is 0 Å². The molecule has 4 heteroatoms. The van der Waals surface area contributed by atoms with Gasteiger partial charge in [-0.15, -0.1) is 0 Å². The fourth-order valence-electron chi connectivity index (χ4n) is 5.91. The van der Waals surface area contributed by atoms with Crippen LogP contribution in [0.3, 0.4) is 0 Å². The maximum absolute atomic E-state index is 4.76. The van der Waals surface area contributed by atoms with E-state index in [9.17, 15) is 0 Å². The normalized spacial score (nSPS) is 11.3. The number of nitrogens with zero attached hydrogens (tertiary/aromatic N) is 4. The van der Waals surface area contributed by atoms with Gasteiger partial charge in [0.25, 0.3) is 0 Å². The van der Waals surface area contributed by atoms with Crippen molar-refractivity contribution in [3.63, 3.8) is 0 Å². The van der Waals surface area contributed by atoms with E-state index < -0.39 is 0 Å². The molecule has 42 heavy (non-hydrogen) atoms. The van der Waals surface area contributed by atoms with Crippen LogP contribution >= 0.6 is 0 Å². The molecule has 0 aliphatic heterocycles. The summed E-state index contributed by atoms with van der Waals surface area (Å²) in [7, 11) is 0. The number of hydrogen-bond donors (Lipinski definition) is 0. The Bertz CT molecular complexity index is 2130. The molecule has 0 unspecified atom stereocenters. The van der Waals surface area contributed by atoms with Gasteiger partial charge in [0.1, 0.15) is 6.33 Å². The summed E-state index contributed by atoms with van der Waals surface area (Å²) in [5.41, 5.74) is 14.9. The number of pyridine rings is 2. The molecule has 0 saturated carbocycles. The number of aromatic nitrogens is 4.